The first kappa shape index (κ1) is 13.8. The summed E-state index contributed by atoms with van der Waals surface area (Å²) in [6.45, 7) is 12.5. The van der Waals surface area contributed by atoms with Crippen molar-refractivity contribution in [2.24, 2.45) is 5.41 Å². The first-order chi connectivity index (χ1) is 8.11. The van der Waals surface area contributed by atoms with Gasteiger partial charge in [0.2, 0.25) is 0 Å². The summed E-state index contributed by atoms with van der Waals surface area (Å²) in [4.78, 5) is 5.24. The molecule has 2 rings (SSSR count). The first-order valence-corrected chi connectivity index (χ1v) is 7.83. The molecule has 2 aliphatic heterocycles. The summed E-state index contributed by atoms with van der Waals surface area (Å²) in [7, 11) is 0. The number of nitrogens with zero attached hydrogens (tertiary/aromatic N) is 2. The lowest BCUT2D eigenvalue weighted by Gasteiger charge is -2.33. The number of alkyl halides is 1. The van der Waals surface area contributed by atoms with Gasteiger partial charge in [-0.05, 0) is 18.4 Å². The highest BCUT2D eigenvalue weighted by Crippen LogP contribution is 2.24. The van der Waals surface area contributed by atoms with Crippen molar-refractivity contribution in [2.45, 2.75) is 26.3 Å². The van der Waals surface area contributed by atoms with Crippen LogP contribution in [0.5, 0.6) is 0 Å². The van der Waals surface area contributed by atoms with Crippen molar-refractivity contribution in [3.63, 3.8) is 0 Å². The average molecular weight is 305 g/mol. The lowest BCUT2D eigenvalue weighted by Crippen LogP contribution is -2.45. The molecule has 1 atom stereocenters. The molecule has 0 radical (unpaired) electrons. The molecule has 4 heteroatoms. The van der Waals surface area contributed by atoms with E-state index in [1.165, 1.54) is 26.1 Å². The van der Waals surface area contributed by atoms with Crippen LogP contribution >= 0.6 is 15.9 Å². The minimum atomic E-state index is 0.389. The minimum absolute atomic E-state index is 0.389. The third-order valence-corrected chi connectivity index (χ3v) is 5.34. The smallest absolute Gasteiger partial charge is 0.0594 e. The molecule has 3 nitrogen and oxygen atoms in total. The van der Waals surface area contributed by atoms with Crippen molar-refractivity contribution in [2.75, 3.05) is 51.3 Å². The predicted octanol–water partition coefficient (Wildman–Crippen LogP) is 1.81. The second-order valence-electron chi connectivity index (χ2n) is 6.12. The van der Waals surface area contributed by atoms with Crippen molar-refractivity contribution in [3.8, 4) is 0 Å². The Hall–Kier alpha value is 0.360. The highest BCUT2D eigenvalue weighted by atomic mass is 79.9. The van der Waals surface area contributed by atoms with Crippen LogP contribution in [-0.4, -0.2) is 67.1 Å². The van der Waals surface area contributed by atoms with Gasteiger partial charge in [0, 0.05) is 37.6 Å². The topological polar surface area (TPSA) is 15.7 Å². The maximum Gasteiger partial charge on any atom is 0.0594 e. The van der Waals surface area contributed by atoms with Crippen LogP contribution in [0.3, 0.4) is 0 Å². The molecule has 2 heterocycles. The predicted molar refractivity (Wildman–Crippen MR) is 74.8 cm³/mol. The maximum atomic E-state index is 5.42. The monoisotopic (exact) mass is 304 g/mol. The molecule has 2 saturated heterocycles. The van der Waals surface area contributed by atoms with Gasteiger partial charge in [-0.15, -0.1) is 0 Å². The summed E-state index contributed by atoms with van der Waals surface area (Å²) in [5.41, 5.74) is 0.389. The molecule has 2 aliphatic rings. The van der Waals surface area contributed by atoms with Crippen LogP contribution < -0.4 is 0 Å². The molecule has 0 spiro atoms. The van der Waals surface area contributed by atoms with Gasteiger partial charge in [-0.1, -0.05) is 29.8 Å². The summed E-state index contributed by atoms with van der Waals surface area (Å²) in [6.07, 6.45) is 1.33. The van der Waals surface area contributed by atoms with Gasteiger partial charge >= 0.3 is 0 Å². The summed E-state index contributed by atoms with van der Waals surface area (Å²) < 4.78 is 5.42. The van der Waals surface area contributed by atoms with E-state index >= 15 is 0 Å². The van der Waals surface area contributed by atoms with Crippen LogP contribution in [0.4, 0.5) is 0 Å². The molecular weight excluding hydrogens is 280 g/mol. The molecule has 0 amide bonds. The Balaban J connectivity index is 1.78. The largest absolute Gasteiger partial charge is 0.379 e. The van der Waals surface area contributed by atoms with E-state index < -0.39 is 0 Å². The fourth-order valence-electron chi connectivity index (χ4n) is 2.84. The number of rotatable bonds is 4. The number of hydrogen-bond acceptors (Lipinski definition) is 3. The Bertz CT molecular complexity index is 242. The Morgan fingerprint density at radius 1 is 1.24 bits per heavy atom. The molecule has 2 fully saturated rings. The van der Waals surface area contributed by atoms with Crippen LogP contribution in [-0.2, 0) is 4.74 Å². The van der Waals surface area contributed by atoms with Gasteiger partial charge in [0.05, 0.1) is 13.2 Å². The molecule has 100 valence electrons. The quantitative estimate of drug-likeness (QED) is 0.737. The molecule has 17 heavy (non-hydrogen) atoms. The van der Waals surface area contributed by atoms with Gasteiger partial charge in [-0.25, -0.2) is 0 Å². The number of morpholine rings is 1. The van der Waals surface area contributed by atoms with Crippen molar-refractivity contribution < 1.29 is 4.74 Å². The Morgan fingerprint density at radius 2 is 1.94 bits per heavy atom. The molecule has 0 aliphatic carbocycles. The zero-order valence-corrected chi connectivity index (χ0v) is 12.7. The fourth-order valence-corrected chi connectivity index (χ4v) is 3.02. The van der Waals surface area contributed by atoms with Gasteiger partial charge in [0.1, 0.15) is 0 Å². The second kappa shape index (κ2) is 6.00. The van der Waals surface area contributed by atoms with Crippen molar-refractivity contribution in [1.29, 1.82) is 0 Å². The summed E-state index contributed by atoms with van der Waals surface area (Å²) >= 11 is 3.62. The number of ether oxygens (including phenoxy) is 1. The highest BCUT2D eigenvalue weighted by molar-refractivity contribution is 9.09. The average Bonchev–Trinajstić information content (AvgIpc) is 2.78. The van der Waals surface area contributed by atoms with Crippen LogP contribution in [0.2, 0.25) is 0 Å². The third-order valence-electron chi connectivity index (χ3n) is 3.82. The van der Waals surface area contributed by atoms with E-state index in [9.17, 15) is 0 Å². The zero-order chi connectivity index (χ0) is 12.3. The number of hydrogen-bond donors (Lipinski definition) is 0. The van der Waals surface area contributed by atoms with E-state index in [2.05, 4.69) is 39.6 Å². The van der Waals surface area contributed by atoms with E-state index in [4.69, 9.17) is 4.74 Å². The number of likely N-dealkylation sites (tertiary alicyclic amines) is 1. The number of halogens is 1. The van der Waals surface area contributed by atoms with Gasteiger partial charge < -0.3 is 9.64 Å². The SMILES string of the molecule is CC(C)(CBr)CN1CCC(N2CCOCC2)C1. The first-order valence-electron chi connectivity index (χ1n) is 6.71. The van der Waals surface area contributed by atoms with Crippen molar-refractivity contribution >= 4 is 15.9 Å². The van der Waals surface area contributed by atoms with Crippen LogP contribution in [0.25, 0.3) is 0 Å². The van der Waals surface area contributed by atoms with Crippen molar-refractivity contribution in [3.05, 3.63) is 0 Å². The lowest BCUT2D eigenvalue weighted by molar-refractivity contribution is 0.0179. The van der Waals surface area contributed by atoms with Crippen LogP contribution in [0.1, 0.15) is 20.3 Å². The molecule has 0 aromatic carbocycles. The van der Waals surface area contributed by atoms with Gasteiger partial charge in [0.15, 0.2) is 0 Å². The zero-order valence-electron chi connectivity index (χ0n) is 11.1. The summed E-state index contributed by atoms with van der Waals surface area (Å²) in [5.74, 6) is 0. The van der Waals surface area contributed by atoms with E-state index in [0.717, 1.165) is 37.7 Å². The Kier molecular flexibility index (Phi) is 4.87. The second-order valence-corrected chi connectivity index (χ2v) is 6.68. The van der Waals surface area contributed by atoms with Gasteiger partial charge in [-0.2, -0.15) is 0 Å². The molecule has 0 bridgehead atoms. The third kappa shape index (κ3) is 3.91. The van der Waals surface area contributed by atoms with E-state index in [0.29, 0.717) is 5.41 Å². The fraction of sp³-hybridized carbons (Fsp3) is 1.00. The molecular formula is C13H25BrN2O. The van der Waals surface area contributed by atoms with Gasteiger partial charge in [0.25, 0.3) is 0 Å². The maximum absolute atomic E-state index is 5.42. The molecule has 0 aromatic heterocycles. The van der Waals surface area contributed by atoms with Crippen LogP contribution in [0, 0.1) is 5.41 Å². The van der Waals surface area contributed by atoms with E-state index in [1.54, 1.807) is 0 Å². The van der Waals surface area contributed by atoms with E-state index in [-0.39, 0.29) is 0 Å². The van der Waals surface area contributed by atoms with E-state index in [1.807, 2.05) is 0 Å². The van der Waals surface area contributed by atoms with Crippen LogP contribution in [0.15, 0.2) is 0 Å². The summed E-state index contributed by atoms with van der Waals surface area (Å²) in [5, 5.41) is 1.08. The Labute approximate surface area is 114 Å². The molecule has 0 saturated carbocycles. The summed E-state index contributed by atoms with van der Waals surface area (Å²) in [6, 6.07) is 0.769. The van der Waals surface area contributed by atoms with Gasteiger partial charge in [-0.3, -0.25) is 4.90 Å². The normalized spacial score (nSPS) is 28.8. The molecule has 0 aromatic rings. The molecule has 1 unspecified atom stereocenters. The highest BCUT2D eigenvalue weighted by Gasteiger charge is 2.31. The standard InChI is InChI=1S/C13H25BrN2O/c1-13(2,10-14)11-15-4-3-12(9-15)16-5-7-17-8-6-16/h12H,3-11H2,1-2H3. The van der Waals surface area contributed by atoms with Crippen molar-refractivity contribution in [1.82, 2.24) is 9.80 Å². The Morgan fingerprint density at radius 3 is 2.59 bits per heavy atom. The minimum Gasteiger partial charge on any atom is -0.379 e. The molecule has 0 N–H and O–H groups in total. The lowest BCUT2D eigenvalue weighted by atomic mass is 9.96.